The number of hydrogen-bond donors (Lipinski definition) is 1. The Labute approximate surface area is 146 Å². The third-order valence-corrected chi connectivity index (χ3v) is 5.51. The Morgan fingerprint density at radius 1 is 1.32 bits per heavy atom. The molecule has 4 rings (SSSR count). The van der Waals surface area contributed by atoms with Gasteiger partial charge in [0.15, 0.2) is 0 Å². The van der Waals surface area contributed by atoms with Crippen molar-refractivity contribution in [1.29, 1.82) is 0 Å². The standard InChI is InChI=1S/C19H24FN3O2/c1-13-11-23(12-18(13)22-4-6-25-7-5-22)19(24)8-14-10-21-17-3-2-15(20)9-16(14)17/h2-3,9-10,13,18,21H,4-8,11-12H2,1H3/t13-,18-/m0/s1. The maximum Gasteiger partial charge on any atom is 0.227 e. The topological polar surface area (TPSA) is 48.6 Å². The Bertz CT molecular complexity index is 769. The maximum absolute atomic E-state index is 13.5. The lowest BCUT2D eigenvalue weighted by Crippen LogP contribution is -2.47. The number of carbonyl (C=O) groups excluding carboxylic acids is 1. The average molecular weight is 345 g/mol. The highest BCUT2D eigenvalue weighted by atomic mass is 19.1. The van der Waals surface area contributed by atoms with Gasteiger partial charge in [0.1, 0.15) is 5.82 Å². The zero-order valence-corrected chi connectivity index (χ0v) is 14.5. The molecule has 0 aliphatic carbocycles. The van der Waals surface area contributed by atoms with E-state index in [1.54, 1.807) is 6.07 Å². The van der Waals surface area contributed by atoms with Crippen molar-refractivity contribution in [2.24, 2.45) is 5.92 Å². The third kappa shape index (κ3) is 3.28. The van der Waals surface area contributed by atoms with Crippen LogP contribution in [0.3, 0.4) is 0 Å². The molecule has 0 bridgehead atoms. The van der Waals surface area contributed by atoms with E-state index in [4.69, 9.17) is 4.74 Å². The molecule has 1 aromatic heterocycles. The molecule has 25 heavy (non-hydrogen) atoms. The van der Waals surface area contributed by atoms with Crippen molar-refractivity contribution in [1.82, 2.24) is 14.8 Å². The summed E-state index contributed by atoms with van der Waals surface area (Å²) >= 11 is 0. The van der Waals surface area contributed by atoms with Crippen molar-refractivity contribution in [3.05, 3.63) is 35.8 Å². The van der Waals surface area contributed by atoms with Crippen LogP contribution in [0.15, 0.2) is 24.4 Å². The fraction of sp³-hybridized carbons (Fsp3) is 0.526. The predicted molar refractivity (Wildman–Crippen MR) is 93.9 cm³/mol. The number of aromatic nitrogens is 1. The van der Waals surface area contributed by atoms with Gasteiger partial charge in [-0.3, -0.25) is 9.69 Å². The van der Waals surface area contributed by atoms with Gasteiger partial charge in [-0.05, 0) is 29.7 Å². The number of hydrogen-bond acceptors (Lipinski definition) is 3. The Hall–Kier alpha value is -1.92. The maximum atomic E-state index is 13.5. The van der Waals surface area contributed by atoms with Crippen LogP contribution in [0.1, 0.15) is 12.5 Å². The van der Waals surface area contributed by atoms with Crippen LogP contribution in [0.2, 0.25) is 0 Å². The molecule has 1 aromatic carbocycles. The van der Waals surface area contributed by atoms with Crippen molar-refractivity contribution in [3.63, 3.8) is 0 Å². The molecule has 2 atom stereocenters. The Balaban J connectivity index is 1.45. The second-order valence-corrected chi connectivity index (χ2v) is 7.17. The first-order valence-corrected chi connectivity index (χ1v) is 8.97. The van der Waals surface area contributed by atoms with Gasteiger partial charge in [-0.2, -0.15) is 0 Å². The number of carbonyl (C=O) groups is 1. The van der Waals surface area contributed by atoms with E-state index in [0.29, 0.717) is 18.4 Å². The van der Waals surface area contributed by atoms with Gasteiger partial charge in [-0.1, -0.05) is 6.92 Å². The second kappa shape index (κ2) is 6.77. The van der Waals surface area contributed by atoms with E-state index in [9.17, 15) is 9.18 Å². The number of aromatic amines is 1. The molecule has 6 heteroatoms. The van der Waals surface area contributed by atoms with Gasteiger partial charge in [0.05, 0.1) is 19.6 Å². The molecule has 0 saturated carbocycles. The molecule has 5 nitrogen and oxygen atoms in total. The molecule has 1 amide bonds. The van der Waals surface area contributed by atoms with Gasteiger partial charge >= 0.3 is 0 Å². The van der Waals surface area contributed by atoms with E-state index >= 15 is 0 Å². The molecule has 0 unspecified atom stereocenters. The summed E-state index contributed by atoms with van der Waals surface area (Å²) in [6.07, 6.45) is 2.13. The molecule has 0 radical (unpaired) electrons. The summed E-state index contributed by atoms with van der Waals surface area (Å²) in [5, 5.41) is 0.797. The van der Waals surface area contributed by atoms with Crippen LogP contribution in [0.5, 0.6) is 0 Å². The number of amides is 1. The lowest BCUT2D eigenvalue weighted by atomic mass is 10.0. The summed E-state index contributed by atoms with van der Waals surface area (Å²) in [5.74, 6) is 0.304. The normalized spacial score (nSPS) is 25.0. The van der Waals surface area contributed by atoms with Crippen molar-refractivity contribution in [3.8, 4) is 0 Å². The molecule has 2 aliphatic rings. The molecular formula is C19H24FN3O2. The van der Waals surface area contributed by atoms with E-state index in [0.717, 1.165) is 55.9 Å². The number of fused-ring (bicyclic) bond motifs is 1. The fourth-order valence-corrected chi connectivity index (χ4v) is 4.11. The number of ether oxygens (including phenoxy) is 1. The summed E-state index contributed by atoms with van der Waals surface area (Å²) < 4.78 is 18.9. The summed E-state index contributed by atoms with van der Waals surface area (Å²) in [4.78, 5) is 20.3. The van der Waals surface area contributed by atoms with Gasteiger partial charge in [-0.15, -0.1) is 0 Å². The summed E-state index contributed by atoms with van der Waals surface area (Å²) in [6.45, 7) is 7.22. The molecule has 2 aromatic rings. The Kier molecular flexibility index (Phi) is 4.48. The van der Waals surface area contributed by atoms with Gasteiger partial charge in [0.25, 0.3) is 0 Å². The number of benzene rings is 1. The van der Waals surface area contributed by atoms with E-state index < -0.39 is 0 Å². The molecule has 134 valence electrons. The molecule has 3 heterocycles. The Morgan fingerprint density at radius 2 is 2.12 bits per heavy atom. The highest BCUT2D eigenvalue weighted by Crippen LogP contribution is 2.25. The molecule has 2 saturated heterocycles. The van der Waals surface area contributed by atoms with Gasteiger partial charge in [0, 0.05) is 49.3 Å². The van der Waals surface area contributed by atoms with Crippen molar-refractivity contribution in [2.75, 3.05) is 39.4 Å². The van der Waals surface area contributed by atoms with Crippen LogP contribution < -0.4 is 0 Å². The first kappa shape index (κ1) is 16.5. The number of rotatable bonds is 3. The van der Waals surface area contributed by atoms with Crippen LogP contribution in [0, 0.1) is 11.7 Å². The van der Waals surface area contributed by atoms with E-state index in [-0.39, 0.29) is 11.7 Å². The molecule has 2 aliphatic heterocycles. The Morgan fingerprint density at radius 3 is 2.92 bits per heavy atom. The summed E-state index contributed by atoms with van der Waals surface area (Å²) in [7, 11) is 0. The number of morpholine rings is 1. The zero-order valence-electron chi connectivity index (χ0n) is 14.5. The van der Waals surface area contributed by atoms with Crippen molar-refractivity contribution < 1.29 is 13.9 Å². The summed E-state index contributed by atoms with van der Waals surface area (Å²) in [6, 6.07) is 5.05. The molecule has 2 fully saturated rings. The first-order valence-electron chi connectivity index (χ1n) is 8.97. The van der Waals surface area contributed by atoms with Crippen LogP contribution in [0.25, 0.3) is 10.9 Å². The first-order chi connectivity index (χ1) is 12.1. The van der Waals surface area contributed by atoms with Crippen LogP contribution >= 0.6 is 0 Å². The van der Waals surface area contributed by atoms with Gasteiger partial charge < -0.3 is 14.6 Å². The van der Waals surface area contributed by atoms with Crippen LogP contribution in [-0.4, -0.2) is 66.1 Å². The number of nitrogens with one attached hydrogen (secondary N) is 1. The van der Waals surface area contributed by atoms with E-state index in [1.165, 1.54) is 12.1 Å². The van der Waals surface area contributed by atoms with E-state index in [1.807, 2.05) is 11.1 Å². The second-order valence-electron chi connectivity index (χ2n) is 7.17. The van der Waals surface area contributed by atoms with Crippen LogP contribution in [0.4, 0.5) is 4.39 Å². The van der Waals surface area contributed by atoms with Gasteiger partial charge in [0.2, 0.25) is 5.91 Å². The third-order valence-electron chi connectivity index (χ3n) is 5.51. The largest absolute Gasteiger partial charge is 0.379 e. The SMILES string of the molecule is C[C@H]1CN(C(=O)Cc2c[nH]c3ccc(F)cc23)C[C@@H]1N1CCOCC1. The minimum absolute atomic E-state index is 0.118. The number of nitrogens with zero attached hydrogens (tertiary/aromatic N) is 2. The number of halogens is 1. The number of likely N-dealkylation sites (tertiary alicyclic amines) is 1. The lowest BCUT2D eigenvalue weighted by molar-refractivity contribution is -0.129. The van der Waals surface area contributed by atoms with Crippen molar-refractivity contribution >= 4 is 16.8 Å². The monoisotopic (exact) mass is 345 g/mol. The van der Waals surface area contributed by atoms with Crippen molar-refractivity contribution in [2.45, 2.75) is 19.4 Å². The lowest BCUT2D eigenvalue weighted by Gasteiger charge is -2.34. The smallest absolute Gasteiger partial charge is 0.227 e. The van der Waals surface area contributed by atoms with Crippen LogP contribution in [-0.2, 0) is 16.0 Å². The quantitative estimate of drug-likeness (QED) is 0.926. The zero-order chi connectivity index (χ0) is 17.4. The minimum Gasteiger partial charge on any atom is -0.379 e. The highest BCUT2D eigenvalue weighted by Gasteiger charge is 2.36. The van der Waals surface area contributed by atoms with E-state index in [2.05, 4.69) is 16.8 Å². The minimum atomic E-state index is -0.275. The fourth-order valence-electron chi connectivity index (χ4n) is 4.11. The highest BCUT2D eigenvalue weighted by molar-refractivity contribution is 5.89. The average Bonchev–Trinajstić information content (AvgIpc) is 3.19. The summed E-state index contributed by atoms with van der Waals surface area (Å²) in [5.41, 5.74) is 1.73. The molecule has 0 spiro atoms. The number of H-pyrrole nitrogens is 1. The molecular weight excluding hydrogens is 321 g/mol. The molecule has 1 N–H and O–H groups in total. The van der Waals surface area contributed by atoms with Gasteiger partial charge in [-0.25, -0.2) is 4.39 Å². The predicted octanol–water partition coefficient (Wildman–Crippen LogP) is 2.03.